The summed E-state index contributed by atoms with van der Waals surface area (Å²) in [4.78, 5) is 24.0. The predicted octanol–water partition coefficient (Wildman–Crippen LogP) is 4.39. The van der Waals surface area contributed by atoms with Crippen LogP contribution in [-0.4, -0.2) is 24.6 Å². The fourth-order valence-corrected chi connectivity index (χ4v) is 2.46. The van der Waals surface area contributed by atoms with E-state index in [4.69, 9.17) is 9.47 Å². The fraction of sp³-hybridized carbons (Fsp3) is 0.333. The molecule has 2 aromatic carbocycles. The van der Waals surface area contributed by atoms with Crippen molar-refractivity contribution in [1.82, 2.24) is 0 Å². The number of carbonyl (C=O) groups is 2. The number of esters is 1. The van der Waals surface area contributed by atoms with Gasteiger partial charge in [0.05, 0.1) is 12.2 Å². The molecule has 0 bridgehead atoms. The zero-order valence-corrected chi connectivity index (χ0v) is 15.6. The molecule has 0 aliphatic heterocycles. The first-order valence-electron chi connectivity index (χ1n) is 8.76. The number of carbonyl (C=O) groups excluding carboxylic acids is 2. The molecule has 0 radical (unpaired) electrons. The molecule has 138 valence electrons. The minimum absolute atomic E-state index is 0.257. The van der Waals surface area contributed by atoms with Crippen LogP contribution in [0.4, 0.5) is 5.69 Å². The Kier molecular flexibility index (Phi) is 6.78. The van der Waals surface area contributed by atoms with E-state index in [9.17, 15) is 9.59 Å². The number of para-hydroxylation sites is 1. The van der Waals surface area contributed by atoms with E-state index in [1.165, 1.54) is 0 Å². The summed E-state index contributed by atoms with van der Waals surface area (Å²) in [6.45, 7) is 7.95. The molecule has 0 aliphatic rings. The van der Waals surface area contributed by atoms with Gasteiger partial charge < -0.3 is 14.8 Å². The zero-order valence-electron chi connectivity index (χ0n) is 15.6. The van der Waals surface area contributed by atoms with Crippen LogP contribution in [0.1, 0.15) is 49.5 Å². The van der Waals surface area contributed by atoms with Crippen LogP contribution in [0.5, 0.6) is 5.75 Å². The van der Waals surface area contributed by atoms with Gasteiger partial charge in [-0.05, 0) is 55.7 Å². The average Bonchev–Trinajstić information content (AvgIpc) is 2.62. The largest absolute Gasteiger partial charge is 0.481 e. The number of hydrogen-bond acceptors (Lipinski definition) is 4. The van der Waals surface area contributed by atoms with Crippen molar-refractivity contribution < 1.29 is 19.1 Å². The highest BCUT2D eigenvalue weighted by molar-refractivity contribution is 5.95. The minimum atomic E-state index is -0.653. The van der Waals surface area contributed by atoms with E-state index in [1.54, 1.807) is 38.1 Å². The Balaban J connectivity index is 2.00. The van der Waals surface area contributed by atoms with Crippen LogP contribution in [0.15, 0.2) is 48.5 Å². The topological polar surface area (TPSA) is 64.6 Å². The van der Waals surface area contributed by atoms with Gasteiger partial charge >= 0.3 is 5.97 Å². The summed E-state index contributed by atoms with van der Waals surface area (Å²) in [5.74, 6) is 0.375. The highest BCUT2D eigenvalue weighted by atomic mass is 16.5. The molecule has 0 spiro atoms. The lowest BCUT2D eigenvalue weighted by Gasteiger charge is -2.18. The van der Waals surface area contributed by atoms with E-state index < -0.39 is 6.10 Å². The first-order chi connectivity index (χ1) is 12.4. The maximum absolute atomic E-state index is 12.4. The van der Waals surface area contributed by atoms with Crippen LogP contribution >= 0.6 is 0 Å². The van der Waals surface area contributed by atoms with Gasteiger partial charge in [-0.15, -0.1) is 0 Å². The second-order valence-electron chi connectivity index (χ2n) is 6.24. The zero-order chi connectivity index (χ0) is 19.1. The van der Waals surface area contributed by atoms with Gasteiger partial charge in [0.15, 0.2) is 6.10 Å². The highest BCUT2D eigenvalue weighted by Gasteiger charge is 2.17. The Labute approximate surface area is 154 Å². The molecule has 5 heteroatoms. The van der Waals surface area contributed by atoms with E-state index in [1.807, 2.05) is 24.3 Å². The Morgan fingerprint density at radius 3 is 2.27 bits per heavy atom. The third-order valence-electron chi connectivity index (χ3n) is 3.88. The van der Waals surface area contributed by atoms with Crippen molar-refractivity contribution >= 4 is 17.6 Å². The molecule has 1 amide bonds. The summed E-state index contributed by atoms with van der Waals surface area (Å²) in [7, 11) is 0. The van der Waals surface area contributed by atoms with Gasteiger partial charge in [0, 0.05) is 5.69 Å². The maximum Gasteiger partial charge on any atom is 0.338 e. The minimum Gasteiger partial charge on any atom is -0.481 e. The van der Waals surface area contributed by atoms with Gasteiger partial charge in [0.25, 0.3) is 5.91 Å². The first kappa shape index (κ1) is 19.5. The Hall–Kier alpha value is -2.82. The number of benzene rings is 2. The summed E-state index contributed by atoms with van der Waals surface area (Å²) in [6, 6.07) is 14.3. The second-order valence-corrected chi connectivity index (χ2v) is 6.24. The lowest BCUT2D eigenvalue weighted by Crippen LogP contribution is -2.30. The number of hydrogen-bond donors (Lipinski definition) is 1. The number of rotatable bonds is 7. The predicted molar refractivity (Wildman–Crippen MR) is 102 cm³/mol. The summed E-state index contributed by atoms with van der Waals surface area (Å²) >= 11 is 0. The molecule has 0 heterocycles. The monoisotopic (exact) mass is 355 g/mol. The molecule has 1 atom stereocenters. The van der Waals surface area contributed by atoms with Crippen LogP contribution in [0.2, 0.25) is 0 Å². The van der Waals surface area contributed by atoms with E-state index in [-0.39, 0.29) is 11.9 Å². The molecule has 26 heavy (non-hydrogen) atoms. The average molecular weight is 355 g/mol. The molecular formula is C21H25NO4. The number of amides is 1. The summed E-state index contributed by atoms with van der Waals surface area (Å²) in [5.41, 5.74) is 2.10. The van der Waals surface area contributed by atoms with E-state index >= 15 is 0 Å². The summed E-state index contributed by atoms with van der Waals surface area (Å²) in [6.07, 6.45) is -0.653. The number of anilines is 1. The van der Waals surface area contributed by atoms with Crippen molar-refractivity contribution in [3.05, 3.63) is 59.7 Å². The van der Waals surface area contributed by atoms with Gasteiger partial charge in [-0.2, -0.15) is 0 Å². The SMILES string of the molecule is CCOC(=O)c1ccc(NC(=O)[C@H](C)Oc2ccccc2C(C)C)cc1. The number of nitrogens with one attached hydrogen (secondary N) is 1. The Morgan fingerprint density at radius 2 is 1.65 bits per heavy atom. The molecule has 2 rings (SSSR count). The number of ether oxygens (including phenoxy) is 2. The van der Waals surface area contributed by atoms with Crippen LogP contribution in [-0.2, 0) is 9.53 Å². The van der Waals surface area contributed by atoms with Crippen molar-refractivity contribution in [2.24, 2.45) is 0 Å². The Morgan fingerprint density at radius 1 is 1.00 bits per heavy atom. The third-order valence-corrected chi connectivity index (χ3v) is 3.88. The molecule has 0 unspecified atom stereocenters. The molecule has 1 N–H and O–H groups in total. The smallest absolute Gasteiger partial charge is 0.338 e. The van der Waals surface area contributed by atoms with E-state index in [2.05, 4.69) is 19.2 Å². The molecule has 0 aliphatic carbocycles. The third kappa shape index (κ3) is 5.09. The standard InChI is InChI=1S/C21H25NO4/c1-5-25-21(24)16-10-12-17(13-11-16)22-20(23)15(4)26-19-9-7-6-8-18(19)14(2)3/h6-15H,5H2,1-4H3,(H,22,23)/t15-/m0/s1. The Bertz CT molecular complexity index is 753. The lowest BCUT2D eigenvalue weighted by molar-refractivity contribution is -0.122. The molecule has 0 saturated carbocycles. The van der Waals surface area contributed by atoms with Crippen LogP contribution in [0.25, 0.3) is 0 Å². The summed E-state index contributed by atoms with van der Waals surface area (Å²) in [5, 5.41) is 2.79. The summed E-state index contributed by atoms with van der Waals surface area (Å²) < 4.78 is 10.8. The quantitative estimate of drug-likeness (QED) is 0.748. The molecule has 2 aromatic rings. The van der Waals surface area contributed by atoms with Gasteiger partial charge in [-0.3, -0.25) is 4.79 Å². The van der Waals surface area contributed by atoms with Gasteiger partial charge in [-0.25, -0.2) is 4.79 Å². The highest BCUT2D eigenvalue weighted by Crippen LogP contribution is 2.26. The lowest BCUT2D eigenvalue weighted by atomic mass is 10.0. The van der Waals surface area contributed by atoms with Crippen molar-refractivity contribution in [2.75, 3.05) is 11.9 Å². The fourth-order valence-electron chi connectivity index (χ4n) is 2.46. The van der Waals surface area contributed by atoms with Gasteiger partial charge in [-0.1, -0.05) is 32.0 Å². The van der Waals surface area contributed by atoms with E-state index in [0.29, 0.717) is 29.5 Å². The van der Waals surface area contributed by atoms with Crippen molar-refractivity contribution in [3.8, 4) is 5.75 Å². The molecule has 0 aromatic heterocycles. The molecule has 0 saturated heterocycles. The van der Waals surface area contributed by atoms with Crippen molar-refractivity contribution in [1.29, 1.82) is 0 Å². The van der Waals surface area contributed by atoms with Crippen molar-refractivity contribution in [2.45, 2.75) is 39.7 Å². The molecule has 0 fully saturated rings. The maximum atomic E-state index is 12.4. The van der Waals surface area contributed by atoms with Crippen LogP contribution in [0, 0.1) is 0 Å². The molecular weight excluding hydrogens is 330 g/mol. The van der Waals surface area contributed by atoms with Crippen LogP contribution in [0.3, 0.4) is 0 Å². The van der Waals surface area contributed by atoms with Gasteiger partial charge in [0.1, 0.15) is 5.75 Å². The van der Waals surface area contributed by atoms with Crippen molar-refractivity contribution in [3.63, 3.8) is 0 Å². The second kappa shape index (κ2) is 9.04. The van der Waals surface area contributed by atoms with Crippen LogP contribution < -0.4 is 10.1 Å². The van der Waals surface area contributed by atoms with E-state index in [0.717, 1.165) is 5.56 Å². The first-order valence-corrected chi connectivity index (χ1v) is 8.76. The normalized spacial score (nSPS) is 11.7. The molecule has 5 nitrogen and oxygen atoms in total. The van der Waals surface area contributed by atoms with Gasteiger partial charge in [0.2, 0.25) is 0 Å².